The average molecular weight is 146 g/mol. The fraction of sp³-hybridized carbons (Fsp3) is 0.857. The molecular weight excluding hydrogens is 132 g/mol. The molecule has 0 amide bonds. The summed E-state index contributed by atoms with van der Waals surface area (Å²) in [6.45, 7) is 5.50. The molecule has 0 saturated carbocycles. The molecule has 0 radical (unpaired) electrons. The molecule has 2 atom stereocenters. The summed E-state index contributed by atoms with van der Waals surface area (Å²) in [5.74, 6) is -1.12. The van der Waals surface area contributed by atoms with E-state index in [0.717, 1.165) is 0 Å². The lowest BCUT2D eigenvalue weighted by atomic mass is 9.92. The largest absolute Gasteiger partial charge is 0.479 e. The van der Waals surface area contributed by atoms with Crippen molar-refractivity contribution in [2.45, 2.75) is 26.9 Å². The van der Waals surface area contributed by atoms with Gasteiger partial charge in [0.05, 0.1) is 0 Å². The summed E-state index contributed by atoms with van der Waals surface area (Å²) in [5.41, 5.74) is 0. The number of hydrogen-bond acceptors (Lipinski definition) is 2. The zero-order valence-corrected chi connectivity index (χ0v) is 6.53. The molecule has 0 bridgehead atoms. The summed E-state index contributed by atoms with van der Waals surface area (Å²) in [6, 6.07) is 0. The molecule has 10 heavy (non-hydrogen) atoms. The Labute approximate surface area is 60.7 Å². The van der Waals surface area contributed by atoms with Crippen molar-refractivity contribution in [3.05, 3.63) is 0 Å². The van der Waals surface area contributed by atoms with Crippen molar-refractivity contribution in [1.82, 2.24) is 0 Å². The van der Waals surface area contributed by atoms with Crippen LogP contribution < -0.4 is 0 Å². The number of carboxylic acid groups (broad SMARTS) is 1. The van der Waals surface area contributed by atoms with Gasteiger partial charge < -0.3 is 10.2 Å². The molecule has 0 aliphatic rings. The first kappa shape index (κ1) is 9.43. The van der Waals surface area contributed by atoms with Gasteiger partial charge in [0.2, 0.25) is 0 Å². The van der Waals surface area contributed by atoms with Crippen molar-refractivity contribution < 1.29 is 15.0 Å². The lowest BCUT2D eigenvalue weighted by Gasteiger charge is -2.17. The zero-order chi connectivity index (χ0) is 8.31. The van der Waals surface area contributed by atoms with Crippen molar-refractivity contribution in [2.24, 2.45) is 11.8 Å². The van der Waals surface area contributed by atoms with Crippen LogP contribution in [0.3, 0.4) is 0 Å². The number of carboxylic acids is 1. The van der Waals surface area contributed by atoms with Crippen LogP contribution >= 0.6 is 0 Å². The average Bonchev–Trinajstić information content (AvgIpc) is 1.84. The smallest absolute Gasteiger partial charge is 0.332 e. The summed E-state index contributed by atoms with van der Waals surface area (Å²) in [5, 5.41) is 17.3. The SMILES string of the molecule is CC(C)C(C)[C@H](O)C(=O)O. The highest BCUT2D eigenvalue weighted by Crippen LogP contribution is 2.13. The van der Waals surface area contributed by atoms with E-state index in [0.29, 0.717) is 0 Å². The molecule has 60 valence electrons. The minimum absolute atomic E-state index is 0.183. The third-order valence-corrected chi connectivity index (χ3v) is 1.80. The van der Waals surface area contributed by atoms with E-state index in [9.17, 15) is 4.79 Å². The molecule has 2 N–H and O–H groups in total. The summed E-state index contributed by atoms with van der Waals surface area (Å²) in [6.07, 6.45) is -1.22. The Morgan fingerprint density at radius 3 is 1.80 bits per heavy atom. The second kappa shape index (κ2) is 3.56. The Morgan fingerprint density at radius 1 is 1.30 bits per heavy atom. The molecule has 3 nitrogen and oxygen atoms in total. The van der Waals surface area contributed by atoms with Crippen LogP contribution in [0.2, 0.25) is 0 Å². The summed E-state index contributed by atoms with van der Waals surface area (Å²) >= 11 is 0. The van der Waals surface area contributed by atoms with Gasteiger partial charge >= 0.3 is 5.97 Å². The van der Waals surface area contributed by atoms with E-state index in [1.165, 1.54) is 0 Å². The summed E-state index contributed by atoms with van der Waals surface area (Å²) in [7, 11) is 0. The van der Waals surface area contributed by atoms with Gasteiger partial charge in [-0.25, -0.2) is 4.79 Å². The highest BCUT2D eigenvalue weighted by Gasteiger charge is 2.23. The topological polar surface area (TPSA) is 57.5 Å². The molecule has 0 fully saturated rings. The van der Waals surface area contributed by atoms with E-state index in [-0.39, 0.29) is 11.8 Å². The van der Waals surface area contributed by atoms with Gasteiger partial charge in [0, 0.05) is 0 Å². The first-order valence-electron chi connectivity index (χ1n) is 3.37. The number of aliphatic carboxylic acids is 1. The van der Waals surface area contributed by atoms with Crippen LogP contribution in [0, 0.1) is 11.8 Å². The molecule has 0 saturated heterocycles. The number of aliphatic hydroxyl groups is 1. The van der Waals surface area contributed by atoms with Crippen LogP contribution in [0.25, 0.3) is 0 Å². The number of hydrogen-bond donors (Lipinski definition) is 2. The van der Waals surface area contributed by atoms with Gasteiger partial charge in [0.1, 0.15) is 0 Å². The fourth-order valence-electron chi connectivity index (χ4n) is 0.589. The Bertz CT molecular complexity index is 120. The molecule has 0 aliphatic heterocycles. The van der Waals surface area contributed by atoms with Gasteiger partial charge in [-0.05, 0) is 11.8 Å². The predicted octanol–water partition coefficient (Wildman–Crippen LogP) is 0.724. The van der Waals surface area contributed by atoms with E-state index in [2.05, 4.69) is 0 Å². The van der Waals surface area contributed by atoms with Crippen LogP contribution in [0.4, 0.5) is 0 Å². The summed E-state index contributed by atoms with van der Waals surface area (Å²) < 4.78 is 0. The predicted molar refractivity (Wildman–Crippen MR) is 37.6 cm³/mol. The quantitative estimate of drug-likeness (QED) is 0.617. The normalized spacial score (nSPS) is 16.9. The van der Waals surface area contributed by atoms with Gasteiger partial charge in [-0.2, -0.15) is 0 Å². The van der Waals surface area contributed by atoms with Crippen molar-refractivity contribution in [3.63, 3.8) is 0 Å². The molecule has 0 heterocycles. The molecule has 3 heteroatoms. The minimum Gasteiger partial charge on any atom is -0.479 e. The maximum absolute atomic E-state index is 10.2. The summed E-state index contributed by atoms with van der Waals surface area (Å²) in [4.78, 5) is 10.2. The second-order valence-electron chi connectivity index (χ2n) is 2.89. The molecule has 0 aromatic rings. The Balaban J connectivity index is 3.94. The monoisotopic (exact) mass is 146 g/mol. The first-order valence-corrected chi connectivity index (χ1v) is 3.37. The van der Waals surface area contributed by atoms with Gasteiger partial charge in [-0.3, -0.25) is 0 Å². The fourth-order valence-corrected chi connectivity index (χ4v) is 0.589. The van der Waals surface area contributed by atoms with Crippen LogP contribution in [-0.4, -0.2) is 22.3 Å². The lowest BCUT2D eigenvalue weighted by Crippen LogP contribution is -2.30. The van der Waals surface area contributed by atoms with Crippen molar-refractivity contribution in [1.29, 1.82) is 0 Å². The van der Waals surface area contributed by atoms with Gasteiger partial charge in [-0.15, -0.1) is 0 Å². The molecule has 0 aromatic carbocycles. The van der Waals surface area contributed by atoms with Gasteiger partial charge in [-0.1, -0.05) is 20.8 Å². The maximum Gasteiger partial charge on any atom is 0.332 e. The Morgan fingerprint density at radius 2 is 1.70 bits per heavy atom. The highest BCUT2D eigenvalue weighted by molar-refractivity contribution is 5.72. The standard InChI is InChI=1S/C7H14O3/c1-4(2)5(3)6(8)7(9)10/h4-6,8H,1-3H3,(H,9,10)/t5?,6-/m0/s1. The second-order valence-corrected chi connectivity index (χ2v) is 2.89. The van der Waals surface area contributed by atoms with Crippen molar-refractivity contribution in [2.75, 3.05) is 0 Å². The lowest BCUT2D eigenvalue weighted by molar-refractivity contribution is -0.150. The van der Waals surface area contributed by atoms with E-state index >= 15 is 0 Å². The van der Waals surface area contributed by atoms with E-state index in [1.54, 1.807) is 6.92 Å². The third kappa shape index (κ3) is 2.35. The molecule has 0 aliphatic carbocycles. The van der Waals surface area contributed by atoms with E-state index in [4.69, 9.17) is 10.2 Å². The van der Waals surface area contributed by atoms with Gasteiger partial charge in [0.15, 0.2) is 6.10 Å². The number of rotatable bonds is 3. The maximum atomic E-state index is 10.2. The Hall–Kier alpha value is -0.570. The third-order valence-electron chi connectivity index (χ3n) is 1.80. The van der Waals surface area contributed by atoms with Crippen LogP contribution in [0.5, 0.6) is 0 Å². The van der Waals surface area contributed by atoms with E-state index < -0.39 is 12.1 Å². The van der Waals surface area contributed by atoms with Crippen LogP contribution in [0.15, 0.2) is 0 Å². The highest BCUT2D eigenvalue weighted by atomic mass is 16.4. The van der Waals surface area contributed by atoms with Crippen LogP contribution in [-0.2, 0) is 4.79 Å². The van der Waals surface area contributed by atoms with Crippen LogP contribution in [0.1, 0.15) is 20.8 Å². The first-order chi connectivity index (χ1) is 4.46. The van der Waals surface area contributed by atoms with Crippen molar-refractivity contribution in [3.8, 4) is 0 Å². The molecule has 0 spiro atoms. The number of carbonyl (C=O) groups is 1. The molecule has 0 aromatic heterocycles. The molecule has 1 unspecified atom stereocenters. The van der Waals surface area contributed by atoms with Crippen molar-refractivity contribution >= 4 is 5.97 Å². The zero-order valence-electron chi connectivity index (χ0n) is 6.53. The van der Waals surface area contributed by atoms with E-state index in [1.807, 2.05) is 13.8 Å². The minimum atomic E-state index is -1.22. The Kier molecular flexibility index (Phi) is 3.36. The molecular formula is C7H14O3. The van der Waals surface area contributed by atoms with Gasteiger partial charge in [0.25, 0.3) is 0 Å². The number of aliphatic hydroxyl groups excluding tert-OH is 1. The molecule has 0 rings (SSSR count).